The topological polar surface area (TPSA) is 50.4 Å². The highest BCUT2D eigenvalue weighted by molar-refractivity contribution is 9.10. The van der Waals surface area contributed by atoms with Crippen LogP contribution in [-0.4, -0.2) is 18.1 Å². The number of methoxy groups -OCH3 is 1. The van der Waals surface area contributed by atoms with Crippen molar-refractivity contribution in [3.8, 4) is 5.75 Å². The molecule has 0 aliphatic rings. The number of carbonyl (C=O) groups excluding carboxylic acids is 1. The fourth-order valence-corrected chi connectivity index (χ4v) is 3.85. The van der Waals surface area contributed by atoms with Gasteiger partial charge in [-0.05, 0) is 63.2 Å². The smallest absolute Gasteiger partial charge is 0.261 e. The number of fused-ring (bicyclic) bond motifs is 1. The van der Waals surface area contributed by atoms with Gasteiger partial charge in [0, 0.05) is 5.02 Å². The van der Waals surface area contributed by atoms with Crippen molar-refractivity contribution in [2.75, 3.05) is 12.4 Å². The maximum Gasteiger partial charge on any atom is 0.261 e. The molecule has 0 unspecified atom stereocenters. The van der Waals surface area contributed by atoms with E-state index in [-0.39, 0.29) is 5.11 Å². The van der Waals surface area contributed by atoms with Crippen LogP contribution in [0.15, 0.2) is 53.0 Å². The quantitative estimate of drug-likeness (QED) is 0.445. The lowest BCUT2D eigenvalue weighted by molar-refractivity contribution is 0.0975. The SMILES string of the molecule is COc1c(C(=O)NC(=S)Nc2cc(Cl)ccc2Cl)cc2ccccc2c1Br. The zero-order valence-electron chi connectivity index (χ0n) is 14.0. The number of benzene rings is 3. The summed E-state index contributed by atoms with van der Waals surface area (Å²) in [5, 5.41) is 8.37. The number of nitrogens with one attached hydrogen (secondary N) is 2. The summed E-state index contributed by atoms with van der Waals surface area (Å²) in [6.07, 6.45) is 0. The van der Waals surface area contributed by atoms with Gasteiger partial charge in [0.15, 0.2) is 5.11 Å². The van der Waals surface area contributed by atoms with Crippen LogP contribution in [0.3, 0.4) is 0 Å². The third-order valence-electron chi connectivity index (χ3n) is 3.79. The standard InChI is InChI=1S/C19H13BrCl2N2O2S/c1-26-17-13(8-10-4-2-3-5-12(10)16(17)20)18(25)24-19(27)23-15-9-11(21)6-7-14(15)22/h2-9H,1H3,(H2,23,24,25,27). The van der Waals surface area contributed by atoms with Crippen molar-refractivity contribution in [1.29, 1.82) is 0 Å². The number of anilines is 1. The van der Waals surface area contributed by atoms with Gasteiger partial charge in [-0.2, -0.15) is 0 Å². The fraction of sp³-hybridized carbons (Fsp3) is 0.0526. The zero-order chi connectivity index (χ0) is 19.6. The Morgan fingerprint density at radius 1 is 1.15 bits per heavy atom. The van der Waals surface area contributed by atoms with Crippen molar-refractivity contribution >= 4 is 78.8 Å². The van der Waals surface area contributed by atoms with Gasteiger partial charge in [0.1, 0.15) is 5.75 Å². The van der Waals surface area contributed by atoms with Gasteiger partial charge in [-0.1, -0.05) is 47.5 Å². The first kappa shape index (κ1) is 19.9. The molecule has 0 heterocycles. The summed E-state index contributed by atoms with van der Waals surface area (Å²) >= 11 is 20.8. The highest BCUT2D eigenvalue weighted by atomic mass is 79.9. The largest absolute Gasteiger partial charge is 0.495 e. The third kappa shape index (κ3) is 4.35. The minimum atomic E-state index is -0.408. The average molecular weight is 484 g/mol. The molecular weight excluding hydrogens is 471 g/mol. The molecule has 1 amide bonds. The van der Waals surface area contributed by atoms with Gasteiger partial charge in [0.2, 0.25) is 0 Å². The number of ether oxygens (including phenoxy) is 1. The van der Waals surface area contributed by atoms with Gasteiger partial charge in [-0.3, -0.25) is 10.1 Å². The number of hydrogen-bond donors (Lipinski definition) is 2. The predicted molar refractivity (Wildman–Crippen MR) is 118 cm³/mol. The summed E-state index contributed by atoms with van der Waals surface area (Å²) in [6, 6.07) is 14.3. The molecule has 8 heteroatoms. The van der Waals surface area contributed by atoms with Gasteiger partial charge < -0.3 is 10.1 Å². The van der Waals surface area contributed by atoms with Crippen LogP contribution in [0.4, 0.5) is 5.69 Å². The number of thiocarbonyl (C=S) groups is 1. The lowest BCUT2D eigenvalue weighted by atomic mass is 10.1. The lowest BCUT2D eigenvalue weighted by Crippen LogP contribution is -2.34. The van der Waals surface area contributed by atoms with Crippen molar-refractivity contribution in [3.63, 3.8) is 0 Å². The van der Waals surface area contributed by atoms with E-state index in [1.54, 1.807) is 24.3 Å². The van der Waals surface area contributed by atoms with Gasteiger partial charge in [-0.15, -0.1) is 0 Å². The van der Waals surface area contributed by atoms with Crippen LogP contribution in [-0.2, 0) is 0 Å². The first-order chi connectivity index (χ1) is 12.9. The number of halogens is 3. The Balaban J connectivity index is 1.87. The first-order valence-electron chi connectivity index (χ1n) is 7.73. The Hall–Kier alpha value is -1.86. The normalized spacial score (nSPS) is 10.5. The average Bonchev–Trinajstić information content (AvgIpc) is 2.64. The van der Waals surface area contributed by atoms with Gasteiger partial charge in [0.05, 0.1) is 27.9 Å². The fourth-order valence-electron chi connectivity index (χ4n) is 2.57. The van der Waals surface area contributed by atoms with Crippen LogP contribution in [0.1, 0.15) is 10.4 Å². The maximum atomic E-state index is 12.8. The minimum absolute atomic E-state index is 0.0931. The molecule has 3 aromatic carbocycles. The Morgan fingerprint density at radius 3 is 2.63 bits per heavy atom. The molecule has 0 radical (unpaired) electrons. The highest BCUT2D eigenvalue weighted by Crippen LogP contribution is 2.36. The summed E-state index contributed by atoms with van der Waals surface area (Å²) in [7, 11) is 1.51. The zero-order valence-corrected chi connectivity index (χ0v) is 17.9. The van der Waals surface area contributed by atoms with Crippen molar-refractivity contribution in [2.24, 2.45) is 0 Å². The van der Waals surface area contributed by atoms with Crippen LogP contribution < -0.4 is 15.4 Å². The third-order valence-corrected chi connectivity index (χ3v) is 5.35. The van der Waals surface area contributed by atoms with E-state index < -0.39 is 5.91 Å². The molecule has 0 aliphatic heterocycles. The van der Waals surface area contributed by atoms with Crippen LogP contribution in [0, 0.1) is 0 Å². The molecule has 0 atom stereocenters. The molecule has 0 saturated carbocycles. The van der Waals surface area contributed by atoms with Gasteiger partial charge in [-0.25, -0.2) is 0 Å². The molecule has 2 N–H and O–H groups in total. The molecule has 138 valence electrons. The number of rotatable bonds is 3. The first-order valence-corrected chi connectivity index (χ1v) is 9.69. The molecule has 4 nitrogen and oxygen atoms in total. The molecule has 0 spiro atoms. The summed E-state index contributed by atoms with van der Waals surface area (Å²) in [5.41, 5.74) is 0.852. The molecule has 0 fully saturated rings. The molecule has 3 rings (SSSR count). The van der Waals surface area contributed by atoms with Crippen LogP contribution in [0.25, 0.3) is 10.8 Å². The summed E-state index contributed by atoms with van der Waals surface area (Å²) in [6.45, 7) is 0. The van der Waals surface area contributed by atoms with E-state index in [9.17, 15) is 4.79 Å². The van der Waals surface area contributed by atoms with Crippen LogP contribution in [0.2, 0.25) is 10.0 Å². The Labute approximate surface area is 179 Å². The van der Waals surface area contributed by atoms with Crippen molar-refractivity contribution < 1.29 is 9.53 Å². The van der Waals surface area contributed by atoms with Crippen molar-refractivity contribution in [2.45, 2.75) is 0 Å². The van der Waals surface area contributed by atoms with E-state index >= 15 is 0 Å². The molecule has 0 saturated heterocycles. The highest BCUT2D eigenvalue weighted by Gasteiger charge is 2.19. The number of carbonyl (C=O) groups is 1. The molecule has 0 bridgehead atoms. The summed E-state index contributed by atoms with van der Waals surface area (Å²) in [5.74, 6) is 0.0174. The monoisotopic (exact) mass is 482 g/mol. The molecule has 0 aliphatic carbocycles. The predicted octanol–water partition coefficient (Wildman–Crippen LogP) is 6.04. The van der Waals surface area contributed by atoms with E-state index in [2.05, 4.69) is 26.6 Å². The minimum Gasteiger partial charge on any atom is -0.495 e. The van der Waals surface area contributed by atoms with E-state index in [4.69, 9.17) is 40.2 Å². The lowest BCUT2D eigenvalue weighted by Gasteiger charge is -2.15. The second-order valence-electron chi connectivity index (χ2n) is 5.52. The van der Waals surface area contributed by atoms with Gasteiger partial charge in [0.25, 0.3) is 5.91 Å². The Bertz CT molecular complexity index is 1060. The van der Waals surface area contributed by atoms with Crippen LogP contribution >= 0.6 is 51.3 Å². The van der Waals surface area contributed by atoms with Crippen molar-refractivity contribution in [3.05, 3.63) is 68.6 Å². The van der Waals surface area contributed by atoms with E-state index in [1.165, 1.54) is 7.11 Å². The van der Waals surface area contributed by atoms with Crippen LogP contribution in [0.5, 0.6) is 5.75 Å². The Kier molecular flexibility index (Phi) is 6.22. The van der Waals surface area contributed by atoms with Crippen molar-refractivity contribution in [1.82, 2.24) is 5.32 Å². The summed E-state index contributed by atoms with van der Waals surface area (Å²) < 4.78 is 6.13. The number of amides is 1. The van der Waals surface area contributed by atoms with E-state index in [0.717, 1.165) is 10.8 Å². The molecular formula is C19H13BrCl2N2O2S. The molecule has 0 aromatic heterocycles. The second-order valence-corrected chi connectivity index (χ2v) is 7.57. The van der Waals surface area contributed by atoms with E-state index in [1.807, 2.05) is 24.3 Å². The number of hydrogen-bond acceptors (Lipinski definition) is 3. The summed E-state index contributed by atoms with van der Waals surface area (Å²) in [4.78, 5) is 12.8. The maximum absolute atomic E-state index is 12.8. The second kappa shape index (κ2) is 8.44. The molecule has 27 heavy (non-hydrogen) atoms. The van der Waals surface area contributed by atoms with E-state index in [0.29, 0.717) is 31.5 Å². The van der Waals surface area contributed by atoms with Gasteiger partial charge >= 0.3 is 0 Å². The Morgan fingerprint density at radius 2 is 1.89 bits per heavy atom. The molecule has 3 aromatic rings.